The standard InChI is InChI=1S/C24H23ClN2O3/c1-18-15-22(11-12-23(18)25)30-14-6-13-29-21-10-5-7-19(16-21)17-26-27-24(28)20-8-3-2-4-9-20/h2-5,7-12,15-17H,6,13-14H2,1H3,(H,27,28)/b26-17-. The number of carbonyl (C=O) groups excluding carboxylic acids is 1. The summed E-state index contributed by atoms with van der Waals surface area (Å²) in [5, 5.41) is 4.74. The van der Waals surface area contributed by atoms with Crippen molar-refractivity contribution in [3.8, 4) is 11.5 Å². The first-order valence-corrected chi connectivity index (χ1v) is 10.00. The molecule has 6 heteroatoms. The van der Waals surface area contributed by atoms with E-state index < -0.39 is 0 Å². The van der Waals surface area contributed by atoms with Gasteiger partial charge in [0.25, 0.3) is 5.91 Å². The molecule has 3 aromatic carbocycles. The second-order valence-corrected chi connectivity index (χ2v) is 7.01. The zero-order valence-electron chi connectivity index (χ0n) is 16.7. The predicted molar refractivity (Wildman–Crippen MR) is 120 cm³/mol. The van der Waals surface area contributed by atoms with Gasteiger partial charge in [-0.3, -0.25) is 4.79 Å². The molecule has 0 unspecified atom stereocenters. The van der Waals surface area contributed by atoms with Crippen LogP contribution in [0.3, 0.4) is 0 Å². The molecule has 0 spiro atoms. The topological polar surface area (TPSA) is 59.9 Å². The van der Waals surface area contributed by atoms with Gasteiger partial charge in [-0.05, 0) is 60.5 Å². The first kappa shape index (κ1) is 21.4. The zero-order valence-corrected chi connectivity index (χ0v) is 17.4. The van der Waals surface area contributed by atoms with Gasteiger partial charge in [0.2, 0.25) is 0 Å². The molecule has 3 rings (SSSR count). The summed E-state index contributed by atoms with van der Waals surface area (Å²) >= 11 is 6.01. The molecular weight excluding hydrogens is 400 g/mol. The highest BCUT2D eigenvalue weighted by atomic mass is 35.5. The van der Waals surface area contributed by atoms with Gasteiger partial charge in [-0.15, -0.1) is 0 Å². The van der Waals surface area contributed by atoms with Crippen molar-refractivity contribution in [1.82, 2.24) is 5.43 Å². The Kier molecular flexibility index (Phi) is 7.86. The van der Waals surface area contributed by atoms with Crippen LogP contribution in [0.25, 0.3) is 0 Å². The number of aryl methyl sites for hydroxylation is 1. The molecule has 0 aromatic heterocycles. The van der Waals surface area contributed by atoms with Crippen LogP contribution in [0.15, 0.2) is 77.9 Å². The number of amides is 1. The van der Waals surface area contributed by atoms with Crippen molar-refractivity contribution in [1.29, 1.82) is 0 Å². The number of nitrogens with one attached hydrogen (secondary N) is 1. The van der Waals surface area contributed by atoms with Gasteiger partial charge in [-0.1, -0.05) is 41.9 Å². The predicted octanol–water partition coefficient (Wildman–Crippen LogP) is 5.26. The summed E-state index contributed by atoms with van der Waals surface area (Å²) in [6.07, 6.45) is 2.33. The van der Waals surface area contributed by atoms with Crippen molar-refractivity contribution < 1.29 is 14.3 Å². The van der Waals surface area contributed by atoms with Gasteiger partial charge in [0.05, 0.1) is 19.4 Å². The smallest absolute Gasteiger partial charge is 0.271 e. The normalized spacial score (nSPS) is 10.7. The molecule has 0 aliphatic heterocycles. The van der Waals surface area contributed by atoms with E-state index in [0.29, 0.717) is 18.8 Å². The highest BCUT2D eigenvalue weighted by molar-refractivity contribution is 6.31. The molecule has 0 radical (unpaired) electrons. The molecule has 0 aliphatic carbocycles. The molecule has 0 fully saturated rings. The van der Waals surface area contributed by atoms with Crippen LogP contribution < -0.4 is 14.9 Å². The molecule has 0 saturated heterocycles. The maximum Gasteiger partial charge on any atom is 0.271 e. The monoisotopic (exact) mass is 422 g/mol. The Balaban J connectivity index is 1.41. The summed E-state index contributed by atoms with van der Waals surface area (Å²) in [7, 11) is 0. The molecular formula is C24H23ClN2O3. The van der Waals surface area contributed by atoms with E-state index in [1.807, 2.05) is 55.5 Å². The van der Waals surface area contributed by atoms with Crippen LogP contribution in [-0.2, 0) is 0 Å². The van der Waals surface area contributed by atoms with Crippen molar-refractivity contribution in [3.63, 3.8) is 0 Å². The van der Waals surface area contributed by atoms with Gasteiger partial charge >= 0.3 is 0 Å². The Hall–Kier alpha value is -3.31. The van der Waals surface area contributed by atoms with Gasteiger partial charge in [0.15, 0.2) is 0 Å². The molecule has 154 valence electrons. The third kappa shape index (κ3) is 6.64. The van der Waals surface area contributed by atoms with Crippen molar-refractivity contribution in [2.75, 3.05) is 13.2 Å². The first-order valence-electron chi connectivity index (χ1n) is 9.62. The molecule has 0 saturated carbocycles. The fourth-order valence-electron chi connectivity index (χ4n) is 2.65. The number of carbonyl (C=O) groups is 1. The molecule has 30 heavy (non-hydrogen) atoms. The lowest BCUT2D eigenvalue weighted by atomic mass is 10.2. The van der Waals surface area contributed by atoms with Crippen molar-refractivity contribution in [2.24, 2.45) is 5.10 Å². The van der Waals surface area contributed by atoms with E-state index >= 15 is 0 Å². The Morgan fingerprint density at radius 3 is 2.43 bits per heavy atom. The van der Waals surface area contributed by atoms with E-state index in [0.717, 1.165) is 34.1 Å². The average molecular weight is 423 g/mol. The summed E-state index contributed by atoms with van der Waals surface area (Å²) in [5.41, 5.74) is 4.89. The van der Waals surface area contributed by atoms with Crippen molar-refractivity contribution in [3.05, 3.63) is 94.5 Å². The van der Waals surface area contributed by atoms with Gasteiger partial charge < -0.3 is 9.47 Å². The van der Waals surface area contributed by atoms with Crippen LogP contribution in [-0.4, -0.2) is 25.3 Å². The maximum absolute atomic E-state index is 12.0. The van der Waals surface area contributed by atoms with Crippen LogP contribution >= 0.6 is 11.6 Å². The van der Waals surface area contributed by atoms with Gasteiger partial charge in [0.1, 0.15) is 11.5 Å². The van der Waals surface area contributed by atoms with Gasteiger partial charge in [0, 0.05) is 17.0 Å². The minimum Gasteiger partial charge on any atom is -0.493 e. The van der Waals surface area contributed by atoms with E-state index in [9.17, 15) is 4.79 Å². The summed E-state index contributed by atoms with van der Waals surface area (Å²) in [5.74, 6) is 1.28. The highest BCUT2D eigenvalue weighted by Crippen LogP contribution is 2.21. The Morgan fingerprint density at radius 1 is 0.967 bits per heavy atom. The molecule has 5 nitrogen and oxygen atoms in total. The zero-order chi connectivity index (χ0) is 21.2. The second kappa shape index (κ2) is 11.0. The molecule has 1 N–H and O–H groups in total. The number of ether oxygens (including phenoxy) is 2. The van der Waals surface area contributed by atoms with E-state index in [1.165, 1.54) is 0 Å². The third-order valence-corrected chi connectivity index (χ3v) is 4.65. The minimum absolute atomic E-state index is 0.255. The molecule has 0 heterocycles. The SMILES string of the molecule is Cc1cc(OCCCOc2cccc(/C=N\NC(=O)c3ccccc3)c2)ccc1Cl. The Morgan fingerprint density at radius 2 is 1.70 bits per heavy atom. The number of hydrazone groups is 1. The number of hydrogen-bond acceptors (Lipinski definition) is 4. The van der Waals surface area contributed by atoms with Crippen LogP contribution in [0.4, 0.5) is 0 Å². The van der Waals surface area contributed by atoms with E-state index in [-0.39, 0.29) is 5.91 Å². The lowest BCUT2D eigenvalue weighted by Crippen LogP contribution is -2.17. The van der Waals surface area contributed by atoms with Gasteiger partial charge in [-0.2, -0.15) is 5.10 Å². The largest absolute Gasteiger partial charge is 0.493 e. The number of hydrogen-bond donors (Lipinski definition) is 1. The molecule has 1 amide bonds. The Labute approximate surface area is 181 Å². The van der Waals surface area contributed by atoms with Gasteiger partial charge in [-0.25, -0.2) is 5.43 Å². The maximum atomic E-state index is 12.0. The lowest BCUT2D eigenvalue weighted by molar-refractivity contribution is 0.0955. The summed E-state index contributed by atoms with van der Waals surface area (Å²) in [6.45, 7) is 3.02. The number of benzene rings is 3. The highest BCUT2D eigenvalue weighted by Gasteiger charge is 2.02. The molecule has 0 aliphatic rings. The summed E-state index contributed by atoms with van der Waals surface area (Å²) in [6, 6.07) is 22.0. The van der Waals surface area contributed by atoms with Crippen molar-refractivity contribution in [2.45, 2.75) is 13.3 Å². The fourth-order valence-corrected chi connectivity index (χ4v) is 2.77. The minimum atomic E-state index is -0.255. The number of rotatable bonds is 9. The van der Waals surface area contributed by atoms with Crippen LogP contribution in [0.2, 0.25) is 5.02 Å². The quantitative estimate of drug-likeness (QED) is 0.290. The lowest BCUT2D eigenvalue weighted by Gasteiger charge is -2.09. The van der Waals surface area contributed by atoms with Crippen LogP contribution in [0.5, 0.6) is 11.5 Å². The molecule has 3 aromatic rings. The van der Waals surface area contributed by atoms with Crippen LogP contribution in [0.1, 0.15) is 27.9 Å². The Bertz CT molecular complexity index is 1010. The van der Waals surface area contributed by atoms with E-state index in [2.05, 4.69) is 10.5 Å². The third-order valence-electron chi connectivity index (χ3n) is 4.23. The fraction of sp³-hybridized carbons (Fsp3) is 0.167. The molecule has 0 bridgehead atoms. The summed E-state index contributed by atoms with van der Waals surface area (Å²) < 4.78 is 11.5. The van der Waals surface area contributed by atoms with Crippen molar-refractivity contribution >= 4 is 23.7 Å². The second-order valence-electron chi connectivity index (χ2n) is 6.60. The summed E-state index contributed by atoms with van der Waals surface area (Å²) in [4.78, 5) is 12.0. The van der Waals surface area contributed by atoms with Crippen LogP contribution in [0, 0.1) is 6.92 Å². The van der Waals surface area contributed by atoms with E-state index in [4.69, 9.17) is 21.1 Å². The first-order chi connectivity index (χ1) is 14.6. The molecule has 0 atom stereocenters. The number of nitrogens with zero attached hydrogens (tertiary/aromatic N) is 1. The average Bonchev–Trinajstić information content (AvgIpc) is 2.77. The number of halogens is 1. The van der Waals surface area contributed by atoms with E-state index in [1.54, 1.807) is 30.5 Å².